The minimum Gasteiger partial charge on any atom is -0.313 e. The fourth-order valence-corrected chi connectivity index (χ4v) is 2.10. The minimum absolute atomic E-state index is 0.598. The van der Waals surface area contributed by atoms with Crippen LogP contribution in [-0.2, 0) is 0 Å². The van der Waals surface area contributed by atoms with Crippen molar-refractivity contribution >= 4 is 0 Å². The van der Waals surface area contributed by atoms with Crippen LogP contribution >= 0.6 is 0 Å². The normalized spacial score (nSPS) is 19.2. The molecule has 0 amide bonds. The molecule has 1 atom stereocenters. The zero-order chi connectivity index (χ0) is 11.4. The smallest absolute Gasteiger partial charge is 0.0240 e. The van der Waals surface area contributed by atoms with Crippen molar-refractivity contribution in [1.82, 2.24) is 10.2 Å². The first-order valence-corrected chi connectivity index (χ1v) is 6.44. The Bertz CT molecular complexity index is 173. The van der Waals surface area contributed by atoms with Gasteiger partial charge in [0.05, 0.1) is 0 Å². The van der Waals surface area contributed by atoms with E-state index in [1.165, 1.54) is 19.4 Å². The van der Waals surface area contributed by atoms with Crippen molar-refractivity contribution in [2.45, 2.75) is 52.6 Å². The molecule has 0 aliphatic heterocycles. The Morgan fingerprint density at radius 1 is 1.20 bits per heavy atom. The lowest BCUT2D eigenvalue weighted by molar-refractivity contribution is 0.178. The van der Waals surface area contributed by atoms with Gasteiger partial charge < -0.3 is 10.2 Å². The zero-order valence-corrected chi connectivity index (χ0v) is 11.1. The molecule has 1 unspecified atom stereocenters. The van der Waals surface area contributed by atoms with E-state index in [1.807, 2.05) is 0 Å². The second kappa shape index (κ2) is 5.86. The van der Waals surface area contributed by atoms with Gasteiger partial charge in [0.2, 0.25) is 0 Å². The lowest BCUT2D eigenvalue weighted by Crippen LogP contribution is -2.45. The Morgan fingerprint density at radius 2 is 1.80 bits per heavy atom. The second-order valence-electron chi connectivity index (χ2n) is 5.76. The molecule has 0 spiro atoms. The average molecular weight is 212 g/mol. The molecule has 1 rings (SSSR count). The summed E-state index contributed by atoms with van der Waals surface area (Å²) in [5.74, 6) is 1.73. The SMILES string of the molecule is CC(C)NCC(C(C)C)N(C)CC1CC1. The van der Waals surface area contributed by atoms with Gasteiger partial charge in [0.15, 0.2) is 0 Å². The summed E-state index contributed by atoms with van der Waals surface area (Å²) in [6, 6.07) is 1.29. The molecule has 0 aromatic rings. The first kappa shape index (κ1) is 13.0. The molecular formula is C13H28N2. The third-order valence-electron chi connectivity index (χ3n) is 3.31. The molecule has 0 aromatic heterocycles. The molecule has 0 heterocycles. The van der Waals surface area contributed by atoms with Gasteiger partial charge in [0, 0.05) is 25.2 Å². The summed E-state index contributed by atoms with van der Waals surface area (Å²) in [4.78, 5) is 2.55. The van der Waals surface area contributed by atoms with E-state index in [1.54, 1.807) is 0 Å². The highest BCUT2D eigenvalue weighted by atomic mass is 15.2. The molecule has 1 fully saturated rings. The predicted molar refractivity (Wildman–Crippen MR) is 67.1 cm³/mol. The summed E-state index contributed by atoms with van der Waals surface area (Å²) < 4.78 is 0. The van der Waals surface area contributed by atoms with E-state index in [9.17, 15) is 0 Å². The molecular weight excluding hydrogens is 184 g/mol. The third kappa shape index (κ3) is 4.98. The molecule has 0 radical (unpaired) electrons. The van der Waals surface area contributed by atoms with Crippen molar-refractivity contribution in [3.8, 4) is 0 Å². The fraction of sp³-hybridized carbons (Fsp3) is 1.00. The van der Waals surface area contributed by atoms with Crippen LogP contribution in [0.4, 0.5) is 0 Å². The number of hydrogen-bond donors (Lipinski definition) is 1. The van der Waals surface area contributed by atoms with Crippen LogP contribution in [0.1, 0.15) is 40.5 Å². The van der Waals surface area contributed by atoms with Crippen molar-refractivity contribution in [3.63, 3.8) is 0 Å². The van der Waals surface area contributed by atoms with E-state index in [0.29, 0.717) is 12.1 Å². The molecule has 2 nitrogen and oxygen atoms in total. The Kier molecular flexibility index (Phi) is 5.07. The molecule has 0 aromatic carbocycles. The largest absolute Gasteiger partial charge is 0.313 e. The minimum atomic E-state index is 0.598. The van der Waals surface area contributed by atoms with Crippen molar-refractivity contribution in [2.75, 3.05) is 20.1 Å². The van der Waals surface area contributed by atoms with Gasteiger partial charge in [0.25, 0.3) is 0 Å². The van der Waals surface area contributed by atoms with Gasteiger partial charge in [0.1, 0.15) is 0 Å². The fourth-order valence-electron chi connectivity index (χ4n) is 2.10. The van der Waals surface area contributed by atoms with Crippen LogP contribution in [0.5, 0.6) is 0 Å². The summed E-state index contributed by atoms with van der Waals surface area (Å²) in [7, 11) is 2.28. The van der Waals surface area contributed by atoms with Crippen LogP contribution < -0.4 is 5.32 Å². The van der Waals surface area contributed by atoms with Gasteiger partial charge in [-0.1, -0.05) is 27.7 Å². The van der Waals surface area contributed by atoms with Crippen LogP contribution in [0, 0.1) is 11.8 Å². The van der Waals surface area contributed by atoms with Crippen LogP contribution in [0.3, 0.4) is 0 Å². The standard InChI is InChI=1S/C13H28N2/c1-10(2)13(8-14-11(3)4)15(5)9-12-6-7-12/h10-14H,6-9H2,1-5H3. The topological polar surface area (TPSA) is 15.3 Å². The Hall–Kier alpha value is -0.0800. The molecule has 0 bridgehead atoms. The Morgan fingerprint density at radius 3 is 2.20 bits per heavy atom. The summed E-state index contributed by atoms with van der Waals surface area (Å²) >= 11 is 0. The summed E-state index contributed by atoms with van der Waals surface area (Å²) in [6.07, 6.45) is 2.90. The van der Waals surface area contributed by atoms with Gasteiger partial charge >= 0.3 is 0 Å². The molecule has 1 N–H and O–H groups in total. The maximum atomic E-state index is 3.56. The van der Waals surface area contributed by atoms with E-state index in [4.69, 9.17) is 0 Å². The summed E-state index contributed by atoms with van der Waals surface area (Å²) in [6.45, 7) is 11.5. The number of nitrogens with zero attached hydrogens (tertiary/aromatic N) is 1. The Balaban J connectivity index is 2.33. The molecule has 1 saturated carbocycles. The van der Waals surface area contributed by atoms with Crippen LogP contribution in [0.2, 0.25) is 0 Å². The predicted octanol–water partition coefficient (Wildman–Crippen LogP) is 2.35. The highest BCUT2D eigenvalue weighted by Gasteiger charge is 2.27. The second-order valence-corrected chi connectivity index (χ2v) is 5.76. The van der Waals surface area contributed by atoms with Crippen molar-refractivity contribution < 1.29 is 0 Å². The molecule has 15 heavy (non-hydrogen) atoms. The highest BCUT2D eigenvalue weighted by Crippen LogP contribution is 2.30. The number of rotatable bonds is 7. The maximum Gasteiger partial charge on any atom is 0.0240 e. The molecule has 1 aliphatic rings. The first-order chi connectivity index (χ1) is 7.00. The molecule has 2 heteroatoms. The van der Waals surface area contributed by atoms with Gasteiger partial charge in [-0.25, -0.2) is 0 Å². The first-order valence-electron chi connectivity index (χ1n) is 6.44. The highest BCUT2D eigenvalue weighted by molar-refractivity contribution is 4.82. The van der Waals surface area contributed by atoms with E-state index in [0.717, 1.165) is 18.4 Å². The number of likely N-dealkylation sites (N-methyl/N-ethyl adjacent to an activating group) is 1. The van der Waals surface area contributed by atoms with E-state index in [2.05, 4.69) is 45.0 Å². The summed E-state index contributed by atoms with van der Waals surface area (Å²) in [5.41, 5.74) is 0. The van der Waals surface area contributed by atoms with Gasteiger partial charge in [-0.15, -0.1) is 0 Å². The lowest BCUT2D eigenvalue weighted by Gasteiger charge is -2.32. The van der Waals surface area contributed by atoms with Crippen LogP contribution in [-0.4, -0.2) is 37.1 Å². The van der Waals surface area contributed by atoms with Gasteiger partial charge in [-0.3, -0.25) is 0 Å². The van der Waals surface area contributed by atoms with E-state index < -0.39 is 0 Å². The van der Waals surface area contributed by atoms with Gasteiger partial charge in [-0.05, 0) is 31.7 Å². The van der Waals surface area contributed by atoms with Crippen molar-refractivity contribution in [1.29, 1.82) is 0 Å². The van der Waals surface area contributed by atoms with Crippen molar-refractivity contribution in [2.24, 2.45) is 11.8 Å². The Labute approximate surface area is 95.4 Å². The quantitative estimate of drug-likeness (QED) is 0.697. The molecule has 0 saturated heterocycles. The summed E-state index contributed by atoms with van der Waals surface area (Å²) in [5, 5.41) is 3.56. The third-order valence-corrected chi connectivity index (χ3v) is 3.31. The van der Waals surface area contributed by atoms with E-state index >= 15 is 0 Å². The zero-order valence-electron chi connectivity index (χ0n) is 11.1. The van der Waals surface area contributed by atoms with E-state index in [-0.39, 0.29) is 0 Å². The maximum absolute atomic E-state index is 3.56. The molecule has 90 valence electrons. The monoisotopic (exact) mass is 212 g/mol. The van der Waals surface area contributed by atoms with Crippen molar-refractivity contribution in [3.05, 3.63) is 0 Å². The number of hydrogen-bond acceptors (Lipinski definition) is 2. The molecule has 1 aliphatic carbocycles. The lowest BCUT2D eigenvalue weighted by atomic mass is 10.0. The average Bonchev–Trinajstić information content (AvgIpc) is 2.87. The number of nitrogens with one attached hydrogen (secondary N) is 1. The van der Waals surface area contributed by atoms with Gasteiger partial charge in [-0.2, -0.15) is 0 Å². The van der Waals surface area contributed by atoms with Crippen LogP contribution in [0.15, 0.2) is 0 Å². The van der Waals surface area contributed by atoms with Crippen LogP contribution in [0.25, 0.3) is 0 Å².